The van der Waals surface area contributed by atoms with Crippen molar-refractivity contribution in [3.63, 3.8) is 0 Å². The maximum Gasteiger partial charge on any atom is 0.326 e. The molecule has 1 saturated heterocycles. The average Bonchev–Trinajstić information content (AvgIpc) is 2.71. The summed E-state index contributed by atoms with van der Waals surface area (Å²) in [6.45, 7) is 2.88. The predicted octanol–water partition coefficient (Wildman–Crippen LogP) is -0.556. The standard InChI is InChI=1S/C13H19N3O6S2/c1-9(2)23(19,20)14-6-5-10-3-4-11(12(17)7-10)16-8-13(18)15-24(16,21)22/h3-4,7,9,14,17H,5-6,8H2,1-2H3,(H,15,18). The molecule has 0 spiro atoms. The lowest BCUT2D eigenvalue weighted by atomic mass is 10.1. The number of carbonyl (C=O) groups is 1. The summed E-state index contributed by atoms with van der Waals surface area (Å²) in [5.74, 6) is -0.985. The van der Waals surface area contributed by atoms with Gasteiger partial charge in [-0.1, -0.05) is 6.07 Å². The number of hydrogen-bond donors (Lipinski definition) is 3. The lowest BCUT2D eigenvalue weighted by Gasteiger charge is -2.17. The van der Waals surface area contributed by atoms with E-state index in [1.54, 1.807) is 19.9 Å². The van der Waals surface area contributed by atoms with E-state index in [2.05, 4.69) is 4.72 Å². The van der Waals surface area contributed by atoms with Crippen molar-refractivity contribution in [3.8, 4) is 5.75 Å². The molecule has 1 fully saturated rings. The monoisotopic (exact) mass is 377 g/mol. The molecule has 24 heavy (non-hydrogen) atoms. The minimum Gasteiger partial charge on any atom is -0.506 e. The van der Waals surface area contributed by atoms with Crippen molar-refractivity contribution < 1.29 is 26.7 Å². The Morgan fingerprint density at radius 1 is 1.38 bits per heavy atom. The van der Waals surface area contributed by atoms with Gasteiger partial charge in [0, 0.05) is 6.54 Å². The molecule has 0 unspecified atom stereocenters. The topological polar surface area (TPSA) is 133 Å². The predicted molar refractivity (Wildman–Crippen MR) is 88.3 cm³/mol. The molecule has 2 rings (SSSR count). The van der Waals surface area contributed by atoms with Crippen LogP contribution in [0.3, 0.4) is 0 Å². The zero-order valence-electron chi connectivity index (χ0n) is 13.2. The number of nitrogens with one attached hydrogen (secondary N) is 2. The Morgan fingerprint density at radius 3 is 2.54 bits per heavy atom. The molecular weight excluding hydrogens is 358 g/mol. The third-order valence-electron chi connectivity index (χ3n) is 3.47. The smallest absolute Gasteiger partial charge is 0.326 e. The quantitative estimate of drug-likeness (QED) is 0.609. The molecule has 0 saturated carbocycles. The van der Waals surface area contributed by atoms with Gasteiger partial charge in [-0.3, -0.25) is 4.79 Å². The summed E-state index contributed by atoms with van der Waals surface area (Å²) in [5.41, 5.74) is 0.610. The van der Waals surface area contributed by atoms with Crippen LogP contribution in [-0.4, -0.2) is 46.2 Å². The van der Waals surface area contributed by atoms with Crippen LogP contribution in [0.2, 0.25) is 0 Å². The summed E-state index contributed by atoms with van der Waals surface area (Å²) in [5, 5.41) is 9.49. The van der Waals surface area contributed by atoms with Gasteiger partial charge >= 0.3 is 10.2 Å². The van der Waals surface area contributed by atoms with Gasteiger partial charge in [-0.2, -0.15) is 8.42 Å². The Kier molecular flexibility index (Phi) is 5.06. The molecule has 1 aliphatic rings. The molecule has 1 aliphatic heterocycles. The van der Waals surface area contributed by atoms with Crippen molar-refractivity contribution >= 4 is 31.8 Å². The molecule has 1 amide bonds. The van der Waals surface area contributed by atoms with Gasteiger partial charge in [0.2, 0.25) is 10.0 Å². The summed E-state index contributed by atoms with van der Waals surface area (Å²) < 4.78 is 51.8. The third-order valence-corrected chi connectivity index (χ3v) is 6.71. The highest BCUT2D eigenvalue weighted by molar-refractivity contribution is 7.92. The van der Waals surface area contributed by atoms with E-state index < -0.39 is 37.9 Å². The minimum absolute atomic E-state index is 0.0140. The van der Waals surface area contributed by atoms with Gasteiger partial charge in [-0.25, -0.2) is 22.2 Å². The second-order valence-electron chi connectivity index (χ2n) is 5.60. The van der Waals surface area contributed by atoms with Gasteiger partial charge < -0.3 is 5.11 Å². The fraction of sp³-hybridized carbons (Fsp3) is 0.462. The molecule has 1 heterocycles. The highest BCUT2D eigenvalue weighted by atomic mass is 32.2. The third kappa shape index (κ3) is 3.97. The Morgan fingerprint density at radius 2 is 2.04 bits per heavy atom. The first-order valence-electron chi connectivity index (χ1n) is 7.16. The molecular formula is C13H19N3O6S2. The molecule has 1 aromatic rings. The van der Waals surface area contributed by atoms with Crippen molar-refractivity contribution in [2.24, 2.45) is 0 Å². The fourth-order valence-electron chi connectivity index (χ4n) is 2.10. The number of phenolic OH excluding ortho intramolecular Hbond substituents is 1. The number of carbonyl (C=O) groups excluding carboxylic acids is 1. The van der Waals surface area contributed by atoms with Crippen molar-refractivity contribution in [2.75, 3.05) is 17.4 Å². The zero-order chi connectivity index (χ0) is 18.1. The van der Waals surface area contributed by atoms with Crippen molar-refractivity contribution in [1.29, 1.82) is 0 Å². The van der Waals surface area contributed by atoms with Gasteiger partial charge in [0.1, 0.15) is 12.3 Å². The lowest BCUT2D eigenvalue weighted by Crippen LogP contribution is -2.32. The van der Waals surface area contributed by atoms with Crippen LogP contribution in [-0.2, 0) is 31.4 Å². The molecule has 0 aliphatic carbocycles. The highest BCUT2D eigenvalue weighted by Crippen LogP contribution is 2.31. The first-order valence-corrected chi connectivity index (χ1v) is 10.2. The second-order valence-corrected chi connectivity index (χ2v) is 9.51. The molecule has 1 aromatic carbocycles. The van der Waals surface area contributed by atoms with Crippen LogP contribution in [0, 0.1) is 0 Å². The Labute approximate surface area is 140 Å². The number of anilines is 1. The largest absolute Gasteiger partial charge is 0.506 e. The van der Waals surface area contributed by atoms with E-state index in [0.29, 0.717) is 12.0 Å². The number of phenols is 1. The molecule has 0 bridgehead atoms. The first kappa shape index (κ1) is 18.5. The van der Waals surface area contributed by atoms with E-state index in [-0.39, 0.29) is 18.0 Å². The minimum atomic E-state index is -3.99. The van der Waals surface area contributed by atoms with E-state index >= 15 is 0 Å². The Hall–Kier alpha value is -1.85. The first-order chi connectivity index (χ1) is 11.0. The molecule has 9 nitrogen and oxygen atoms in total. The molecule has 11 heteroatoms. The van der Waals surface area contributed by atoms with Crippen LogP contribution in [0.15, 0.2) is 18.2 Å². The summed E-state index contributed by atoms with van der Waals surface area (Å²) >= 11 is 0. The van der Waals surface area contributed by atoms with E-state index in [0.717, 1.165) is 4.31 Å². The summed E-state index contributed by atoms with van der Waals surface area (Å²) in [6.07, 6.45) is 0.323. The molecule has 0 aromatic heterocycles. The van der Waals surface area contributed by atoms with Crippen molar-refractivity contribution in [3.05, 3.63) is 23.8 Å². The number of nitrogens with zero attached hydrogens (tertiary/aromatic N) is 1. The maximum absolute atomic E-state index is 11.8. The number of hydrogen-bond acceptors (Lipinski definition) is 6. The SMILES string of the molecule is CC(C)S(=O)(=O)NCCc1ccc(N2CC(=O)NS2(=O)=O)c(O)c1. The maximum atomic E-state index is 11.8. The van der Waals surface area contributed by atoms with Crippen molar-refractivity contribution in [1.82, 2.24) is 9.44 Å². The van der Waals surface area contributed by atoms with Gasteiger partial charge in [0.25, 0.3) is 5.91 Å². The van der Waals surface area contributed by atoms with Crippen molar-refractivity contribution in [2.45, 2.75) is 25.5 Å². The van der Waals surface area contributed by atoms with E-state index in [4.69, 9.17) is 0 Å². The number of sulfonamides is 1. The van der Waals surface area contributed by atoms with Gasteiger partial charge in [-0.05, 0) is 38.0 Å². The number of amides is 1. The van der Waals surface area contributed by atoms with Crippen LogP contribution in [0.25, 0.3) is 0 Å². The van der Waals surface area contributed by atoms with Gasteiger partial charge in [-0.15, -0.1) is 0 Å². The summed E-state index contributed by atoms with van der Waals surface area (Å²) in [6, 6.07) is 4.29. The Bertz CT molecular complexity index is 848. The molecule has 134 valence electrons. The Balaban J connectivity index is 2.09. The number of aromatic hydroxyl groups is 1. The summed E-state index contributed by atoms with van der Waals surface area (Å²) in [7, 11) is -7.36. The van der Waals surface area contributed by atoms with Crippen LogP contribution in [0.4, 0.5) is 5.69 Å². The van der Waals surface area contributed by atoms with Crippen LogP contribution in [0.5, 0.6) is 5.75 Å². The lowest BCUT2D eigenvalue weighted by molar-refractivity contribution is -0.117. The highest BCUT2D eigenvalue weighted by Gasteiger charge is 2.35. The zero-order valence-corrected chi connectivity index (χ0v) is 14.8. The van der Waals surface area contributed by atoms with E-state index in [1.165, 1.54) is 12.1 Å². The van der Waals surface area contributed by atoms with E-state index in [9.17, 15) is 26.7 Å². The normalized spacial score (nSPS) is 17.3. The van der Waals surface area contributed by atoms with Crippen LogP contribution in [0.1, 0.15) is 19.4 Å². The summed E-state index contributed by atoms with van der Waals surface area (Å²) in [4.78, 5) is 11.2. The van der Waals surface area contributed by atoms with Gasteiger partial charge in [0.15, 0.2) is 0 Å². The second kappa shape index (κ2) is 6.57. The van der Waals surface area contributed by atoms with Gasteiger partial charge in [0.05, 0.1) is 10.9 Å². The molecule has 0 radical (unpaired) electrons. The van der Waals surface area contributed by atoms with Crippen LogP contribution >= 0.6 is 0 Å². The number of rotatable bonds is 6. The molecule has 0 atom stereocenters. The average molecular weight is 377 g/mol. The fourth-order valence-corrected chi connectivity index (χ4v) is 3.98. The van der Waals surface area contributed by atoms with Crippen LogP contribution < -0.4 is 13.7 Å². The molecule has 3 N–H and O–H groups in total. The number of benzene rings is 1. The van der Waals surface area contributed by atoms with E-state index in [1.807, 2.05) is 4.72 Å².